The average Bonchev–Trinajstić information content (AvgIpc) is 3.10. The second-order valence-electron chi connectivity index (χ2n) is 9.99. The quantitative estimate of drug-likeness (QED) is 0.453. The molecule has 1 aliphatic rings. The third-order valence-corrected chi connectivity index (χ3v) is 6.78. The molecule has 0 saturated heterocycles. The monoisotopic (exact) mass is 480 g/mol. The van der Waals surface area contributed by atoms with Crippen molar-refractivity contribution in [3.05, 3.63) is 59.7 Å². The lowest BCUT2D eigenvalue weighted by atomic mass is 9.87. The summed E-state index contributed by atoms with van der Waals surface area (Å²) in [5.74, 6) is -1.92. The topological polar surface area (TPSA) is 105 Å². The highest BCUT2D eigenvalue weighted by Crippen LogP contribution is 2.44. The maximum Gasteiger partial charge on any atom is 0.407 e. The lowest BCUT2D eigenvalue weighted by molar-refractivity contribution is -0.138. The van der Waals surface area contributed by atoms with Crippen molar-refractivity contribution >= 4 is 18.0 Å². The van der Waals surface area contributed by atoms with E-state index >= 15 is 0 Å². The van der Waals surface area contributed by atoms with Crippen molar-refractivity contribution in [1.82, 2.24) is 10.6 Å². The van der Waals surface area contributed by atoms with Gasteiger partial charge in [-0.3, -0.25) is 9.59 Å². The van der Waals surface area contributed by atoms with Crippen LogP contribution in [0.3, 0.4) is 0 Å². The first kappa shape index (κ1) is 26.3. The fourth-order valence-electron chi connectivity index (χ4n) is 4.94. The Morgan fingerprint density at radius 2 is 1.40 bits per heavy atom. The molecule has 35 heavy (non-hydrogen) atoms. The van der Waals surface area contributed by atoms with Crippen molar-refractivity contribution in [3.63, 3.8) is 0 Å². The van der Waals surface area contributed by atoms with Crippen LogP contribution in [-0.4, -0.2) is 41.8 Å². The number of hydrogen-bond donors (Lipinski definition) is 3. The molecule has 3 atom stereocenters. The molecule has 2 unspecified atom stereocenters. The van der Waals surface area contributed by atoms with Gasteiger partial charge in [-0.25, -0.2) is 4.79 Å². The highest BCUT2D eigenvalue weighted by atomic mass is 16.5. The molecule has 0 fully saturated rings. The van der Waals surface area contributed by atoms with Gasteiger partial charge >= 0.3 is 12.1 Å². The summed E-state index contributed by atoms with van der Waals surface area (Å²) in [5.41, 5.74) is 4.57. The van der Waals surface area contributed by atoms with Gasteiger partial charge in [-0.2, -0.15) is 0 Å². The molecular weight excluding hydrogens is 444 g/mol. The number of rotatable bonds is 10. The maximum absolute atomic E-state index is 13.0. The lowest BCUT2D eigenvalue weighted by Gasteiger charge is -2.30. The molecule has 0 saturated carbocycles. The van der Waals surface area contributed by atoms with Crippen molar-refractivity contribution in [2.45, 2.75) is 59.0 Å². The van der Waals surface area contributed by atoms with Gasteiger partial charge in [0.2, 0.25) is 5.91 Å². The molecule has 2 aromatic carbocycles. The third kappa shape index (κ3) is 6.21. The lowest BCUT2D eigenvalue weighted by Crippen LogP contribution is -2.51. The van der Waals surface area contributed by atoms with Gasteiger partial charge in [0.05, 0.1) is 12.3 Å². The van der Waals surface area contributed by atoms with Gasteiger partial charge < -0.3 is 20.5 Å². The average molecular weight is 481 g/mol. The van der Waals surface area contributed by atoms with E-state index in [1.807, 2.05) is 52.0 Å². The van der Waals surface area contributed by atoms with E-state index in [-0.39, 0.29) is 36.7 Å². The number of carboxylic acids is 1. The van der Waals surface area contributed by atoms with Crippen LogP contribution in [0, 0.1) is 17.8 Å². The first-order valence-corrected chi connectivity index (χ1v) is 12.2. The van der Waals surface area contributed by atoms with Crippen LogP contribution >= 0.6 is 0 Å². The Hall–Kier alpha value is -3.35. The first-order valence-electron chi connectivity index (χ1n) is 12.2. The zero-order valence-corrected chi connectivity index (χ0v) is 21.1. The standard InChI is InChI=1S/C28H36N2O5/c1-16(2)24(14-25(31)32)30-27(33)26(17(3)4)18(5)29-28(34)35-15-23-21-12-8-6-10-19(21)20-11-7-9-13-22(20)23/h6-13,16-18,23-24,26H,14-15H2,1-5H3,(H,29,34)(H,30,33)(H,31,32)/t18?,24-,26?/m0/s1. The minimum absolute atomic E-state index is 0.0340. The van der Waals surface area contributed by atoms with E-state index in [0.717, 1.165) is 22.3 Å². The number of alkyl carbamates (subject to hydrolysis) is 1. The predicted octanol–water partition coefficient (Wildman–Crippen LogP) is 4.80. The number of ether oxygens (including phenoxy) is 1. The molecule has 0 aliphatic heterocycles. The second kappa shape index (κ2) is 11.4. The number of benzene rings is 2. The molecule has 0 radical (unpaired) electrons. The number of nitrogens with one attached hydrogen (secondary N) is 2. The van der Waals surface area contributed by atoms with Crippen molar-refractivity contribution in [1.29, 1.82) is 0 Å². The number of carbonyl (C=O) groups is 3. The third-order valence-electron chi connectivity index (χ3n) is 6.78. The van der Waals surface area contributed by atoms with Gasteiger partial charge in [0.25, 0.3) is 0 Å². The van der Waals surface area contributed by atoms with Gasteiger partial charge in [-0.1, -0.05) is 76.2 Å². The van der Waals surface area contributed by atoms with Crippen molar-refractivity contribution in [3.8, 4) is 11.1 Å². The van der Waals surface area contributed by atoms with E-state index < -0.39 is 30.1 Å². The Balaban J connectivity index is 1.63. The summed E-state index contributed by atoms with van der Waals surface area (Å²) in [6, 6.07) is 15.3. The first-order chi connectivity index (χ1) is 16.6. The highest BCUT2D eigenvalue weighted by molar-refractivity contribution is 5.82. The van der Waals surface area contributed by atoms with E-state index in [2.05, 4.69) is 34.9 Å². The minimum atomic E-state index is -0.963. The molecule has 0 bridgehead atoms. The van der Waals surface area contributed by atoms with E-state index in [1.165, 1.54) is 0 Å². The Kier molecular flexibility index (Phi) is 8.54. The molecule has 3 rings (SSSR count). The Bertz CT molecular complexity index is 1020. The zero-order valence-electron chi connectivity index (χ0n) is 21.1. The van der Waals surface area contributed by atoms with Crippen LogP contribution in [0.1, 0.15) is 58.1 Å². The van der Waals surface area contributed by atoms with E-state index in [0.29, 0.717) is 0 Å². The number of carboxylic acid groups (broad SMARTS) is 1. The van der Waals surface area contributed by atoms with Gasteiger partial charge in [-0.05, 0) is 41.0 Å². The molecule has 188 valence electrons. The number of amides is 2. The minimum Gasteiger partial charge on any atom is -0.481 e. The van der Waals surface area contributed by atoms with Crippen LogP contribution in [0.2, 0.25) is 0 Å². The molecule has 7 nitrogen and oxygen atoms in total. The fraction of sp³-hybridized carbons (Fsp3) is 0.464. The SMILES string of the molecule is CC(C)C(C(=O)N[C@@H](CC(=O)O)C(C)C)C(C)NC(=O)OCC1c2ccccc2-c2ccccc21. The number of carbonyl (C=O) groups excluding carboxylic acids is 2. The molecular formula is C28H36N2O5. The number of aliphatic carboxylic acids is 1. The summed E-state index contributed by atoms with van der Waals surface area (Å²) >= 11 is 0. The van der Waals surface area contributed by atoms with Gasteiger partial charge in [0.1, 0.15) is 6.61 Å². The summed E-state index contributed by atoms with van der Waals surface area (Å²) in [6.07, 6.45) is -0.730. The maximum atomic E-state index is 13.0. The Labute approximate surface area is 207 Å². The molecule has 7 heteroatoms. The smallest absolute Gasteiger partial charge is 0.407 e. The molecule has 0 heterocycles. The summed E-state index contributed by atoms with van der Waals surface area (Å²) in [7, 11) is 0. The molecule has 2 amide bonds. The van der Waals surface area contributed by atoms with Crippen LogP contribution in [-0.2, 0) is 14.3 Å². The van der Waals surface area contributed by atoms with Crippen molar-refractivity contribution in [2.24, 2.45) is 17.8 Å². The normalized spacial score (nSPS) is 15.2. The summed E-state index contributed by atoms with van der Waals surface area (Å²) in [4.78, 5) is 37.0. The largest absolute Gasteiger partial charge is 0.481 e. The fourth-order valence-corrected chi connectivity index (χ4v) is 4.94. The van der Waals surface area contributed by atoms with E-state index in [1.54, 1.807) is 6.92 Å². The van der Waals surface area contributed by atoms with Crippen molar-refractivity contribution < 1.29 is 24.2 Å². The second-order valence-corrected chi connectivity index (χ2v) is 9.99. The molecule has 2 aromatic rings. The molecule has 1 aliphatic carbocycles. The van der Waals surface area contributed by atoms with Crippen LogP contribution in [0.5, 0.6) is 0 Å². The van der Waals surface area contributed by atoms with E-state index in [4.69, 9.17) is 9.84 Å². The van der Waals surface area contributed by atoms with Crippen LogP contribution in [0.15, 0.2) is 48.5 Å². The van der Waals surface area contributed by atoms with Gasteiger partial charge in [-0.15, -0.1) is 0 Å². The van der Waals surface area contributed by atoms with E-state index in [9.17, 15) is 14.4 Å². The summed E-state index contributed by atoms with van der Waals surface area (Å²) < 4.78 is 5.63. The predicted molar refractivity (Wildman–Crippen MR) is 135 cm³/mol. The Morgan fingerprint density at radius 1 is 0.857 bits per heavy atom. The van der Waals surface area contributed by atoms with Crippen molar-refractivity contribution in [2.75, 3.05) is 6.61 Å². The molecule has 0 spiro atoms. The summed E-state index contributed by atoms with van der Waals surface area (Å²) in [6.45, 7) is 9.52. The highest BCUT2D eigenvalue weighted by Gasteiger charge is 2.33. The van der Waals surface area contributed by atoms with Gasteiger partial charge in [0, 0.05) is 18.0 Å². The van der Waals surface area contributed by atoms with Gasteiger partial charge in [0.15, 0.2) is 0 Å². The molecule has 3 N–H and O–H groups in total. The van der Waals surface area contributed by atoms with Crippen LogP contribution in [0.25, 0.3) is 11.1 Å². The van der Waals surface area contributed by atoms with Crippen LogP contribution in [0.4, 0.5) is 4.79 Å². The Morgan fingerprint density at radius 3 is 1.89 bits per heavy atom. The summed E-state index contributed by atoms with van der Waals surface area (Å²) in [5, 5.41) is 14.9. The molecule has 0 aromatic heterocycles. The zero-order chi connectivity index (χ0) is 25.7. The van der Waals surface area contributed by atoms with Crippen LogP contribution < -0.4 is 10.6 Å². The number of fused-ring (bicyclic) bond motifs is 3. The number of hydrogen-bond acceptors (Lipinski definition) is 4.